The zero-order valence-electron chi connectivity index (χ0n) is 15.4. The molecule has 0 unspecified atom stereocenters. The lowest BCUT2D eigenvalue weighted by molar-refractivity contribution is -0.287. The van der Waals surface area contributed by atoms with E-state index in [1.165, 1.54) is 6.92 Å². The molecule has 6 nitrogen and oxygen atoms in total. The van der Waals surface area contributed by atoms with Crippen LogP contribution in [0.1, 0.15) is 24.5 Å². The lowest BCUT2D eigenvalue weighted by atomic mass is 10.1. The standard InChI is InChI=1S/C13H7F8N5OS.C2H6/c1-5-24-26-9(27)7(8(12(16,17)18)23-10(26)28-5)6-2-22-25(3-6)4-11(14,15)13(19,20)21;1-2/h2-3H,4H2,1H3;1-2H3. The molecule has 3 rings (SSSR count). The third-order valence-corrected chi connectivity index (χ3v) is 4.30. The average molecular weight is 463 g/mol. The van der Waals surface area contributed by atoms with Gasteiger partial charge in [-0.05, 0) is 6.92 Å². The van der Waals surface area contributed by atoms with Crippen LogP contribution >= 0.6 is 11.3 Å². The van der Waals surface area contributed by atoms with Crippen molar-refractivity contribution in [3.05, 3.63) is 33.4 Å². The SMILES string of the molecule is CC.Cc1nn2c(=O)c(-c3cnn(CC(F)(F)C(F)(F)F)c3)c(C(F)(F)F)nc2s1. The minimum Gasteiger partial charge on any atom is -0.267 e. The van der Waals surface area contributed by atoms with Crippen molar-refractivity contribution in [1.82, 2.24) is 24.4 Å². The van der Waals surface area contributed by atoms with Crippen molar-refractivity contribution in [1.29, 1.82) is 0 Å². The molecule has 0 saturated heterocycles. The van der Waals surface area contributed by atoms with Gasteiger partial charge in [-0.3, -0.25) is 9.48 Å². The summed E-state index contributed by atoms with van der Waals surface area (Å²) in [5.74, 6) is -5.17. The molecule has 0 radical (unpaired) electrons. The van der Waals surface area contributed by atoms with Gasteiger partial charge in [0.05, 0.1) is 11.8 Å². The van der Waals surface area contributed by atoms with Crippen LogP contribution in [0.2, 0.25) is 0 Å². The van der Waals surface area contributed by atoms with E-state index < -0.39 is 47.2 Å². The van der Waals surface area contributed by atoms with Crippen LogP contribution in [-0.4, -0.2) is 36.5 Å². The molecule has 0 saturated carbocycles. The molecule has 0 spiro atoms. The van der Waals surface area contributed by atoms with E-state index in [2.05, 4.69) is 15.2 Å². The third kappa shape index (κ3) is 4.44. The van der Waals surface area contributed by atoms with Crippen molar-refractivity contribution in [3.63, 3.8) is 0 Å². The van der Waals surface area contributed by atoms with Crippen molar-refractivity contribution in [2.75, 3.05) is 0 Å². The van der Waals surface area contributed by atoms with Crippen LogP contribution in [0, 0.1) is 6.92 Å². The smallest absolute Gasteiger partial charge is 0.267 e. The first-order valence-corrected chi connectivity index (χ1v) is 8.97. The maximum Gasteiger partial charge on any atom is 0.455 e. The van der Waals surface area contributed by atoms with E-state index in [0.29, 0.717) is 28.2 Å². The summed E-state index contributed by atoms with van der Waals surface area (Å²) in [4.78, 5) is 15.5. The molecule has 0 fully saturated rings. The van der Waals surface area contributed by atoms with Gasteiger partial charge in [0.1, 0.15) is 11.6 Å². The van der Waals surface area contributed by atoms with Crippen LogP contribution in [-0.2, 0) is 12.7 Å². The van der Waals surface area contributed by atoms with E-state index in [1.807, 2.05) is 13.8 Å². The van der Waals surface area contributed by atoms with Crippen LogP contribution in [0.25, 0.3) is 16.1 Å². The van der Waals surface area contributed by atoms with Gasteiger partial charge in [-0.1, -0.05) is 25.2 Å². The fourth-order valence-corrected chi connectivity index (χ4v) is 3.01. The zero-order chi connectivity index (χ0) is 23.1. The molecule has 0 aromatic carbocycles. The molecule has 0 bridgehead atoms. The molecule has 3 heterocycles. The summed E-state index contributed by atoms with van der Waals surface area (Å²) in [5, 5.41) is 7.17. The summed E-state index contributed by atoms with van der Waals surface area (Å²) in [7, 11) is 0. The Kier molecular flexibility index (Phi) is 6.26. The summed E-state index contributed by atoms with van der Waals surface area (Å²) < 4.78 is 104. The van der Waals surface area contributed by atoms with Gasteiger partial charge in [0.25, 0.3) is 5.56 Å². The molecular formula is C15H13F8N5OS. The Hall–Kier alpha value is -2.58. The van der Waals surface area contributed by atoms with Gasteiger partial charge in [0, 0.05) is 11.8 Å². The maximum atomic E-state index is 13.4. The van der Waals surface area contributed by atoms with E-state index in [-0.39, 0.29) is 14.7 Å². The van der Waals surface area contributed by atoms with E-state index in [1.54, 1.807) is 0 Å². The van der Waals surface area contributed by atoms with Gasteiger partial charge in [0.2, 0.25) is 4.96 Å². The molecule has 0 aliphatic heterocycles. The van der Waals surface area contributed by atoms with Gasteiger partial charge < -0.3 is 0 Å². The molecule has 3 aromatic heterocycles. The van der Waals surface area contributed by atoms with E-state index in [0.717, 1.165) is 0 Å². The zero-order valence-corrected chi connectivity index (χ0v) is 16.3. The van der Waals surface area contributed by atoms with E-state index in [4.69, 9.17) is 0 Å². The van der Waals surface area contributed by atoms with Crippen molar-refractivity contribution in [2.45, 2.75) is 45.6 Å². The fraction of sp³-hybridized carbons (Fsp3) is 0.467. The van der Waals surface area contributed by atoms with Crippen molar-refractivity contribution < 1.29 is 35.1 Å². The van der Waals surface area contributed by atoms with Gasteiger partial charge in [-0.2, -0.15) is 49.8 Å². The minimum atomic E-state index is -5.88. The lowest BCUT2D eigenvalue weighted by Crippen LogP contribution is -2.40. The van der Waals surface area contributed by atoms with Gasteiger partial charge in [-0.25, -0.2) is 4.98 Å². The average Bonchev–Trinajstić information content (AvgIpc) is 3.20. The van der Waals surface area contributed by atoms with E-state index >= 15 is 0 Å². The lowest BCUT2D eigenvalue weighted by Gasteiger charge is -2.19. The fourth-order valence-electron chi connectivity index (χ4n) is 2.28. The van der Waals surface area contributed by atoms with Gasteiger partial charge in [-0.15, -0.1) is 0 Å². The number of nitrogens with zero attached hydrogens (tertiary/aromatic N) is 5. The van der Waals surface area contributed by atoms with Gasteiger partial charge >= 0.3 is 18.3 Å². The molecular weight excluding hydrogens is 450 g/mol. The third-order valence-electron chi connectivity index (χ3n) is 3.48. The number of hydrogen-bond acceptors (Lipinski definition) is 5. The molecule has 15 heteroatoms. The molecule has 0 aliphatic rings. The monoisotopic (exact) mass is 463 g/mol. The Balaban J connectivity index is 0.00000155. The highest BCUT2D eigenvalue weighted by atomic mass is 32.1. The number of alkyl halides is 8. The van der Waals surface area contributed by atoms with Crippen LogP contribution in [0.3, 0.4) is 0 Å². The summed E-state index contributed by atoms with van der Waals surface area (Å²) in [5.41, 5.74) is -4.56. The molecule has 30 heavy (non-hydrogen) atoms. The van der Waals surface area contributed by atoms with Crippen molar-refractivity contribution >= 4 is 16.3 Å². The first kappa shape index (κ1) is 23.7. The van der Waals surface area contributed by atoms with Crippen LogP contribution in [0.5, 0.6) is 0 Å². The number of aryl methyl sites for hydroxylation is 1. The number of halogens is 8. The molecule has 0 atom stereocenters. The summed E-state index contributed by atoms with van der Waals surface area (Å²) in [6, 6.07) is 0. The summed E-state index contributed by atoms with van der Waals surface area (Å²) >= 11 is 0.712. The van der Waals surface area contributed by atoms with Crippen molar-refractivity contribution in [2.24, 2.45) is 0 Å². The molecule has 0 N–H and O–H groups in total. The normalized spacial score (nSPS) is 12.8. The second-order valence-corrected chi connectivity index (χ2v) is 6.74. The maximum absolute atomic E-state index is 13.4. The highest BCUT2D eigenvalue weighted by Crippen LogP contribution is 2.38. The molecule has 0 aliphatic carbocycles. The largest absolute Gasteiger partial charge is 0.455 e. The second kappa shape index (κ2) is 7.92. The predicted octanol–water partition coefficient (Wildman–Crippen LogP) is 4.57. The number of fused-ring (bicyclic) bond motifs is 1. The minimum absolute atomic E-state index is 0.101. The summed E-state index contributed by atoms with van der Waals surface area (Å²) in [6.45, 7) is 3.45. The Bertz CT molecular complexity index is 1100. The highest BCUT2D eigenvalue weighted by molar-refractivity contribution is 7.16. The first-order chi connectivity index (χ1) is 13.7. The Morgan fingerprint density at radius 2 is 1.67 bits per heavy atom. The van der Waals surface area contributed by atoms with Crippen LogP contribution in [0.15, 0.2) is 17.2 Å². The molecule has 0 amide bonds. The highest BCUT2D eigenvalue weighted by Gasteiger charge is 2.57. The Labute approximate surface area is 166 Å². The molecule has 166 valence electrons. The predicted molar refractivity (Wildman–Crippen MR) is 90.4 cm³/mol. The number of rotatable bonds is 3. The summed E-state index contributed by atoms with van der Waals surface area (Å²) in [6.07, 6.45) is -9.92. The Morgan fingerprint density at radius 3 is 2.20 bits per heavy atom. The number of aromatic nitrogens is 5. The quantitative estimate of drug-likeness (QED) is 0.534. The molecule has 3 aromatic rings. The van der Waals surface area contributed by atoms with Crippen LogP contribution in [0.4, 0.5) is 35.1 Å². The van der Waals surface area contributed by atoms with Gasteiger partial charge in [0.15, 0.2) is 5.69 Å². The van der Waals surface area contributed by atoms with Crippen molar-refractivity contribution in [3.8, 4) is 11.1 Å². The second-order valence-electron chi connectivity index (χ2n) is 5.58. The van der Waals surface area contributed by atoms with Crippen LogP contribution < -0.4 is 5.56 Å². The Morgan fingerprint density at radius 1 is 1.07 bits per heavy atom. The first-order valence-electron chi connectivity index (χ1n) is 8.16. The number of hydrogen-bond donors (Lipinski definition) is 0. The topological polar surface area (TPSA) is 65.1 Å². The van der Waals surface area contributed by atoms with E-state index in [9.17, 15) is 39.9 Å².